The third-order valence-electron chi connectivity index (χ3n) is 4.81. The number of ether oxygens (including phenoxy) is 1. The van der Waals surface area contributed by atoms with Gasteiger partial charge in [-0.1, -0.05) is 6.07 Å². The number of carbonyl (C=O) groups excluding carboxylic acids is 2. The highest BCUT2D eigenvalue weighted by atomic mass is 19.4. The molecule has 1 aliphatic carbocycles. The van der Waals surface area contributed by atoms with Crippen LogP contribution in [0.15, 0.2) is 18.2 Å². The Kier molecular flexibility index (Phi) is 5.99. The van der Waals surface area contributed by atoms with Gasteiger partial charge in [-0.2, -0.15) is 0 Å². The van der Waals surface area contributed by atoms with E-state index < -0.39 is 42.2 Å². The van der Waals surface area contributed by atoms with E-state index in [1.807, 2.05) is 0 Å². The second-order valence-corrected chi connectivity index (χ2v) is 7.42. The Balaban J connectivity index is 1.73. The summed E-state index contributed by atoms with van der Waals surface area (Å²) in [6, 6.07) is 1.79. The molecule has 3 atom stereocenters. The lowest BCUT2D eigenvalue weighted by atomic mass is 10.0. The molecule has 3 rings (SSSR count). The van der Waals surface area contributed by atoms with Crippen molar-refractivity contribution in [2.24, 2.45) is 5.92 Å². The van der Waals surface area contributed by atoms with E-state index in [1.54, 1.807) is 19.0 Å². The van der Waals surface area contributed by atoms with E-state index in [1.165, 1.54) is 6.07 Å². The summed E-state index contributed by atoms with van der Waals surface area (Å²) in [4.78, 5) is 26.3. The SMILES string of the molecule is CN(C)C1NC(=O)CC(C(=O)N[C@@H](c2ccc(OC(F)(F)F)c(F)c2)C2CC2)N1. The fraction of sp³-hybridized carbons (Fsp3) is 0.556. The molecular formula is C18H22F4N4O3. The van der Waals surface area contributed by atoms with Crippen LogP contribution in [0.4, 0.5) is 17.6 Å². The average Bonchev–Trinajstić information content (AvgIpc) is 3.44. The zero-order valence-corrected chi connectivity index (χ0v) is 15.8. The number of rotatable bonds is 6. The van der Waals surface area contributed by atoms with E-state index in [9.17, 15) is 27.2 Å². The van der Waals surface area contributed by atoms with E-state index in [0.29, 0.717) is 5.56 Å². The second kappa shape index (κ2) is 8.15. The monoisotopic (exact) mass is 418 g/mol. The van der Waals surface area contributed by atoms with E-state index in [-0.39, 0.29) is 18.2 Å². The molecule has 29 heavy (non-hydrogen) atoms. The predicted octanol–water partition coefficient (Wildman–Crippen LogP) is 1.61. The summed E-state index contributed by atoms with van der Waals surface area (Å²) < 4.78 is 54.7. The van der Waals surface area contributed by atoms with Crippen molar-refractivity contribution in [3.63, 3.8) is 0 Å². The first-order valence-corrected chi connectivity index (χ1v) is 9.11. The normalized spacial score (nSPS) is 23.5. The standard InChI is InChI=1S/C18H22F4N4O3/c1-26(2)17-23-12(8-14(27)24-17)16(28)25-15(9-3-4-9)10-5-6-13(11(19)7-10)29-18(20,21)22/h5-7,9,12,15,17,23H,3-4,8H2,1-2H3,(H,24,27)(H,25,28)/t12?,15-,17?/m1/s1. The molecule has 0 aromatic heterocycles. The first-order chi connectivity index (χ1) is 13.5. The first kappa shape index (κ1) is 21.3. The lowest BCUT2D eigenvalue weighted by molar-refractivity contribution is -0.275. The van der Waals surface area contributed by atoms with Gasteiger partial charge in [0, 0.05) is 0 Å². The van der Waals surface area contributed by atoms with Crippen LogP contribution in [-0.2, 0) is 9.59 Å². The second-order valence-electron chi connectivity index (χ2n) is 7.42. The highest BCUT2D eigenvalue weighted by molar-refractivity contribution is 5.89. The average molecular weight is 418 g/mol. The van der Waals surface area contributed by atoms with Gasteiger partial charge < -0.3 is 15.4 Å². The number of amides is 2. The van der Waals surface area contributed by atoms with Crippen molar-refractivity contribution in [2.75, 3.05) is 14.1 Å². The minimum atomic E-state index is -5.00. The van der Waals surface area contributed by atoms with Crippen LogP contribution in [0.5, 0.6) is 5.75 Å². The van der Waals surface area contributed by atoms with Gasteiger partial charge in [-0.15, -0.1) is 13.2 Å². The molecule has 3 N–H and O–H groups in total. The van der Waals surface area contributed by atoms with Gasteiger partial charge in [0.25, 0.3) is 0 Å². The van der Waals surface area contributed by atoms with Crippen LogP contribution in [0, 0.1) is 11.7 Å². The molecule has 11 heteroatoms. The lowest BCUT2D eigenvalue weighted by Crippen LogP contribution is -2.65. The molecule has 7 nitrogen and oxygen atoms in total. The third kappa shape index (κ3) is 5.57. The minimum absolute atomic E-state index is 0.0507. The van der Waals surface area contributed by atoms with Crippen molar-refractivity contribution in [2.45, 2.75) is 44.0 Å². The molecular weight excluding hydrogens is 396 g/mol. The van der Waals surface area contributed by atoms with Crippen LogP contribution in [0.1, 0.15) is 30.9 Å². The number of hydrogen-bond donors (Lipinski definition) is 3. The van der Waals surface area contributed by atoms with Crippen LogP contribution in [-0.4, -0.2) is 49.5 Å². The first-order valence-electron chi connectivity index (χ1n) is 9.11. The summed E-state index contributed by atoms with van der Waals surface area (Å²) in [5, 5.41) is 8.51. The van der Waals surface area contributed by atoms with Crippen molar-refractivity contribution in [1.29, 1.82) is 0 Å². The van der Waals surface area contributed by atoms with Crippen LogP contribution >= 0.6 is 0 Å². The summed E-state index contributed by atoms with van der Waals surface area (Å²) in [6.45, 7) is 0. The highest BCUT2D eigenvalue weighted by Gasteiger charge is 2.38. The van der Waals surface area contributed by atoms with Crippen molar-refractivity contribution in [3.8, 4) is 5.75 Å². The Bertz CT molecular complexity index is 783. The van der Waals surface area contributed by atoms with E-state index >= 15 is 0 Å². The molecule has 2 fully saturated rings. The maximum absolute atomic E-state index is 14.1. The van der Waals surface area contributed by atoms with Gasteiger partial charge in [-0.3, -0.25) is 19.8 Å². The predicted molar refractivity (Wildman–Crippen MR) is 93.8 cm³/mol. The maximum atomic E-state index is 14.1. The number of hydrogen-bond acceptors (Lipinski definition) is 5. The number of benzene rings is 1. The highest BCUT2D eigenvalue weighted by Crippen LogP contribution is 2.42. The number of alkyl halides is 3. The number of halogens is 4. The summed E-state index contributed by atoms with van der Waals surface area (Å²) in [5.74, 6) is -2.76. The fourth-order valence-electron chi connectivity index (χ4n) is 3.21. The van der Waals surface area contributed by atoms with Gasteiger partial charge in [0.05, 0.1) is 18.5 Å². The van der Waals surface area contributed by atoms with Crippen molar-refractivity contribution in [1.82, 2.24) is 20.9 Å². The van der Waals surface area contributed by atoms with Crippen LogP contribution in [0.2, 0.25) is 0 Å². The number of nitrogens with zero attached hydrogens (tertiary/aromatic N) is 1. The molecule has 2 unspecified atom stereocenters. The topological polar surface area (TPSA) is 82.7 Å². The molecule has 1 saturated heterocycles. The van der Waals surface area contributed by atoms with Crippen LogP contribution in [0.3, 0.4) is 0 Å². The molecule has 0 radical (unpaired) electrons. The Labute approximate surface area is 164 Å². The van der Waals surface area contributed by atoms with Crippen molar-refractivity contribution < 1.29 is 31.9 Å². The largest absolute Gasteiger partial charge is 0.573 e. The summed E-state index contributed by atoms with van der Waals surface area (Å²) in [6.07, 6.45) is -3.97. The molecule has 1 aromatic rings. The molecule has 1 heterocycles. The zero-order chi connectivity index (χ0) is 21.3. The van der Waals surface area contributed by atoms with Crippen molar-refractivity contribution >= 4 is 11.8 Å². The Morgan fingerprint density at radius 1 is 1.31 bits per heavy atom. The van der Waals surface area contributed by atoms with Crippen LogP contribution < -0.4 is 20.7 Å². The summed E-state index contributed by atoms with van der Waals surface area (Å²) in [7, 11) is 3.47. The molecule has 0 spiro atoms. The molecule has 2 amide bonds. The fourth-order valence-corrected chi connectivity index (χ4v) is 3.21. The quantitative estimate of drug-likeness (QED) is 0.612. The summed E-state index contributed by atoms with van der Waals surface area (Å²) in [5.41, 5.74) is 0.345. The molecule has 160 valence electrons. The van der Waals surface area contributed by atoms with Crippen molar-refractivity contribution in [3.05, 3.63) is 29.6 Å². The smallest absolute Gasteiger partial charge is 0.403 e. The molecule has 1 aliphatic heterocycles. The van der Waals surface area contributed by atoms with Gasteiger partial charge in [0.2, 0.25) is 11.8 Å². The number of nitrogens with one attached hydrogen (secondary N) is 3. The lowest BCUT2D eigenvalue weighted by Gasteiger charge is -2.35. The van der Waals surface area contributed by atoms with Crippen LogP contribution in [0.25, 0.3) is 0 Å². The zero-order valence-electron chi connectivity index (χ0n) is 15.8. The molecule has 1 saturated carbocycles. The minimum Gasteiger partial charge on any atom is -0.403 e. The third-order valence-corrected chi connectivity index (χ3v) is 4.81. The van der Waals surface area contributed by atoms with Gasteiger partial charge in [-0.25, -0.2) is 4.39 Å². The molecule has 1 aromatic carbocycles. The number of carbonyl (C=O) groups is 2. The van der Waals surface area contributed by atoms with Gasteiger partial charge in [0.15, 0.2) is 11.6 Å². The van der Waals surface area contributed by atoms with E-state index in [4.69, 9.17) is 0 Å². The van der Waals surface area contributed by atoms with E-state index in [0.717, 1.165) is 25.0 Å². The van der Waals surface area contributed by atoms with Gasteiger partial charge in [-0.05, 0) is 50.6 Å². The Morgan fingerprint density at radius 3 is 2.55 bits per heavy atom. The van der Waals surface area contributed by atoms with E-state index in [2.05, 4.69) is 20.7 Å². The maximum Gasteiger partial charge on any atom is 0.573 e. The molecule has 0 bridgehead atoms. The van der Waals surface area contributed by atoms with Gasteiger partial charge in [0.1, 0.15) is 6.29 Å². The Morgan fingerprint density at radius 2 is 2.00 bits per heavy atom. The molecule has 2 aliphatic rings. The van der Waals surface area contributed by atoms with Gasteiger partial charge >= 0.3 is 6.36 Å². The Hall–Kier alpha value is -2.40. The summed E-state index contributed by atoms with van der Waals surface area (Å²) >= 11 is 0.